The number of halogens is 2. The molecule has 0 unspecified atom stereocenters. The van der Waals surface area contributed by atoms with E-state index in [9.17, 15) is 17.2 Å². The molecule has 0 fully saturated rings. The molecule has 8 heteroatoms. The van der Waals surface area contributed by atoms with Gasteiger partial charge in [-0.1, -0.05) is 0 Å². The molecular formula is C8H10F2N2O2S2. The maximum absolute atomic E-state index is 13.1. The van der Waals surface area contributed by atoms with Gasteiger partial charge in [-0.15, -0.1) is 11.8 Å². The molecule has 0 saturated heterocycles. The smallest absolute Gasteiger partial charge is 0.168 e. The highest BCUT2D eigenvalue weighted by molar-refractivity contribution is 8.00. The first-order chi connectivity index (χ1) is 7.29. The fourth-order valence-corrected chi connectivity index (χ4v) is 2.95. The molecule has 1 aromatic heterocycles. The lowest BCUT2D eigenvalue weighted by Gasteiger charge is -2.03. The van der Waals surface area contributed by atoms with Gasteiger partial charge in [0.15, 0.2) is 17.5 Å². The molecule has 0 saturated carbocycles. The summed E-state index contributed by atoms with van der Waals surface area (Å²) in [5.74, 6) is -2.12. The van der Waals surface area contributed by atoms with E-state index < -0.39 is 27.3 Å². The van der Waals surface area contributed by atoms with Gasteiger partial charge in [0, 0.05) is 18.1 Å². The first kappa shape index (κ1) is 13.2. The summed E-state index contributed by atoms with van der Waals surface area (Å²) in [4.78, 5) is 3.49. The Bertz CT molecular complexity index is 491. The van der Waals surface area contributed by atoms with E-state index in [-0.39, 0.29) is 16.5 Å². The molecule has 0 aromatic carbocycles. The number of hydrogen-bond donors (Lipinski definition) is 1. The van der Waals surface area contributed by atoms with Crippen LogP contribution in [0, 0.1) is 11.6 Å². The molecule has 0 spiro atoms. The molecule has 4 nitrogen and oxygen atoms in total. The van der Waals surface area contributed by atoms with E-state index in [2.05, 4.69) is 4.98 Å². The molecule has 16 heavy (non-hydrogen) atoms. The van der Waals surface area contributed by atoms with E-state index in [0.717, 1.165) is 18.0 Å². The van der Waals surface area contributed by atoms with Crippen molar-refractivity contribution in [1.29, 1.82) is 0 Å². The number of pyridine rings is 1. The third-order valence-electron chi connectivity index (χ3n) is 1.62. The van der Waals surface area contributed by atoms with Crippen molar-refractivity contribution in [3.8, 4) is 0 Å². The minimum Gasteiger partial charge on any atom is -0.381 e. The molecule has 90 valence electrons. The third-order valence-corrected chi connectivity index (χ3v) is 3.79. The number of rotatable bonds is 4. The van der Waals surface area contributed by atoms with Gasteiger partial charge in [0.2, 0.25) is 0 Å². The summed E-state index contributed by atoms with van der Waals surface area (Å²) in [5.41, 5.74) is 5.16. The predicted molar refractivity (Wildman–Crippen MR) is 59.0 cm³/mol. The topological polar surface area (TPSA) is 73.0 Å². The van der Waals surface area contributed by atoms with E-state index in [1.807, 2.05) is 0 Å². The number of nitrogens with zero attached hydrogens (tertiary/aromatic N) is 1. The summed E-state index contributed by atoms with van der Waals surface area (Å²) in [6.45, 7) is 0. The maximum atomic E-state index is 13.1. The van der Waals surface area contributed by atoms with Crippen LogP contribution in [0.2, 0.25) is 0 Å². The van der Waals surface area contributed by atoms with Crippen LogP contribution in [0.25, 0.3) is 0 Å². The molecular weight excluding hydrogens is 258 g/mol. The monoisotopic (exact) mass is 268 g/mol. The van der Waals surface area contributed by atoms with Crippen molar-refractivity contribution in [2.75, 3.05) is 23.5 Å². The van der Waals surface area contributed by atoms with Gasteiger partial charge in [-0.05, 0) is 0 Å². The Hall–Kier alpha value is -0.890. The summed E-state index contributed by atoms with van der Waals surface area (Å²) in [6, 6.07) is 0.630. The largest absolute Gasteiger partial charge is 0.381 e. The van der Waals surface area contributed by atoms with Crippen LogP contribution in [0.3, 0.4) is 0 Å². The highest BCUT2D eigenvalue weighted by Gasteiger charge is 2.11. The molecule has 1 rings (SSSR count). The van der Waals surface area contributed by atoms with Crippen molar-refractivity contribution < 1.29 is 17.2 Å². The van der Waals surface area contributed by atoms with Crippen LogP contribution < -0.4 is 5.73 Å². The Labute approximate surface area is 96.2 Å². The molecule has 0 bridgehead atoms. The van der Waals surface area contributed by atoms with Crippen LogP contribution in [-0.4, -0.2) is 31.2 Å². The van der Waals surface area contributed by atoms with Crippen molar-refractivity contribution in [1.82, 2.24) is 4.98 Å². The Kier molecular flexibility index (Phi) is 4.09. The molecule has 1 aromatic rings. The minimum absolute atomic E-state index is 0.0949. The van der Waals surface area contributed by atoms with Crippen molar-refractivity contribution >= 4 is 27.4 Å². The summed E-state index contributed by atoms with van der Waals surface area (Å²) in [5, 5.41) is -0.0949. The van der Waals surface area contributed by atoms with E-state index >= 15 is 0 Å². The van der Waals surface area contributed by atoms with Gasteiger partial charge < -0.3 is 5.73 Å². The summed E-state index contributed by atoms with van der Waals surface area (Å²) < 4.78 is 47.5. The molecule has 0 radical (unpaired) electrons. The quantitative estimate of drug-likeness (QED) is 0.827. The van der Waals surface area contributed by atoms with Crippen molar-refractivity contribution in [2.45, 2.75) is 5.03 Å². The van der Waals surface area contributed by atoms with Gasteiger partial charge >= 0.3 is 0 Å². The predicted octanol–water partition coefficient (Wildman–Crippen LogP) is 1.08. The standard InChI is InChI=1S/C8H10F2N2O2S2/c1-16(13,14)3-2-15-8-6(10)4-5(9)7(11)12-8/h4H,2-3H2,1H3,(H2,11,12). The van der Waals surface area contributed by atoms with Crippen LogP contribution in [-0.2, 0) is 9.84 Å². The molecule has 0 amide bonds. The maximum Gasteiger partial charge on any atom is 0.168 e. The number of hydrogen-bond acceptors (Lipinski definition) is 5. The van der Waals surface area contributed by atoms with Crippen LogP contribution in [0.15, 0.2) is 11.1 Å². The van der Waals surface area contributed by atoms with E-state index in [4.69, 9.17) is 5.73 Å². The van der Waals surface area contributed by atoms with Gasteiger partial charge in [0.1, 0.15) is 14.9 Å². The van der Waals surface area contributed by atoms with Crippen LogP contribution in [0.5, 0.6) is 0 Å². The Morgan fingerprint density at radius 3 is 2.62 bits per heavy atom. The van der Waals surface area contributed by atoms with Crippen LogP contribution in [0.4, 0.5) is 14.6 Å². The van der Waals surface area contributed by atoms with Crippen molar-refractivity contribution in [3.05, 3.63) is 17.7 Å². The summed E-state index contributed by atoms with van der Waals surface area (Å²) >= 11 is 0.885. The van der Waals surface area contributed by atoms with Crippen LogP contribution >= 0.6 is 11.8 Å². The summed E-state index contributed by atoms with van der Waals surface area (Å²) in [6.07, 6.45) is 1.08. The number of aromatic nitrogens is 1. The summed E-state index contributed by atoms with van der Waals surface area (Å²) in [7, 11) is -3.10. The minimum atomic E-state index is -3.10. The Balaban J connectivity index is 2.71. The number of anilines is 1. The molecule has 0 aliphatic heterocycles. The second-order valence-corrected chi connectivity index (χ2v) is 6.46. The van der Waals surface area contributed by atoms with Gasteiger partial charge in [-0.25, -0.2) is 22.2 Å². The first-order valence-corrected chi connectivity index (χ1v) is 7.26. The average molecular weight is 268 g/mol. The van der Waals surface area contributed by atoms with Gasteiger partial charge in [0.05, 0.1) is 5.75 Å². The van der Waals surface area contributed by atoms with E-state index in [0.29, 0.717) is 6.07 Å². The number of nitrogens with two attached hydrogens (primary N) is 1. The molecule has 0 aliphatic carbocycles. The molecule has 0 atom stereocenters. The molecule has 1 heterocycles. The van der Waals surface area contributed by atoms with Crippen molar-refractivity contribution in [3.63, 3.8) is 0 Å². The third kappa shape index (κ3) is 3.93. The second kappa shape index (κ2) is 4.96. The van der Waals surface area contributed by atoms with E-state index in [1.54, 1.807) is 0 Å². The zero-order valence-electron chi connectivity index (χ0n) is 8.41. The lowest BCUT2D eigenvalue weighted by Crippen LogP contribution is -2.06. The van der Waals surface area contributed by atoms with E-state index in [1.165, 1.54) is 0 Å². The van der Waals surface area contributed by atoms with Crippen molar-refractivity contribution in [2.24, 2.45) is 0 Å². The lowest BCUT2D eigenvalue weighted by atomic mass is 10.4. The Morgan fingerprint density at radius 1 is 1.44 bits per heavy atom. The second-order valence-electron chi connectivity index (χ2n) is 3.12. The van der Waals surface area contributed by atoms with Crippen LogP contribution in [0.1, 0.15) is 0 Å². The number of thioether (sulfide) groups is 1. The fourth-order valence-electron chi connectivity index (χ4n) is 0.854. The van der Waals surface area contributed by atoms with Gasteiger partial charge in [0.25, 0.3) is 0 Å². The SMILES string of the molecule is CS(=O)(=O)CCSc1nc(N)c(F)cc1F. The highest BCUT2D eigenvalue weighted by Crippen LogP contribution is 2.22. The first-order valence-electron chi connectivity index (χ1n) is 4.21. The van der Waals surface area contributed by atoms with Gasteiger partial charge in [-0.2, -0.15) is 0 Å². The fraction of sp³-hybridized carbons (Fsp3) is 0.375. The average Bonchev–Trinajstić information content (AvgIpc) is 2.11. The molecule has 2 N–H and O–H groups in total. The Morgan fingerprint density at radius 2 is 2.06 bits per heavy atom. The highest BCUT2D eigenvalue weighted by atomic mass is 32.2. The number of nitrogen functional groups attached to an aromatic ring is 1. The molecule has 0 aliphatic rings. The number of sulfone groups is 1. The zero-order valence-corrected chi connectivity index (χ0v) is 10.0. The zero-order chi connectivity index (χ0) is 12.3. The van der Waals surface area contributed by atoms with Gasteiger partial charge in [-0.3, -0.25) is 0 Å². The normalized spacial score (nSPS) is 11.7. The lowest BCUT2D eigenvalue weighted by molar-refractivity contribution is 0.552.